The molecule has 0 aromatic carbocycles. The van der Waals surface area contributed by atoms with Crippen molar-refractivity contribution in [2.75, 3.05) is 26.2 Å². The van der Waals surface area contributed by atoms with Gasteiger partial charge in [-0.15, -0.1) is 11.3 Å². The zero-order valence-corrected chi connectivity index (χ0v) is 16.4. The molecule has 6 heteroatoms. The van der Waals surface area contributed by atoms with Gasteiger partial charge >= 0.3 is 0 Å². The normalized spacial score (nSPS) is 31.0. The predicted octanol–water partition coefficient (Wildman–Crippen LogP) is 2.90. The third-order valence-corrected chi connectivity index (χ3v) is 7.37. The summed E-state index contributed by atoms with van der Waals surface area (Å²) in [7, 11) is 0. The zero-order chi connectivity index (χ0) is 18.0. The van der Waals surface area contributed by atoms with Crippen LogP contribution < -0.4 is 0 Å². The molecule has 1 aromatic heterocycles. The molecule has 1 N–H and O–H groups in total. The van der Waals surface area contributed by atoms with E-state index in [0.29, 0.717) is 18.2 Å². The van der Waals surface area contributed by atoms with Gasteiger partial charge in [-0.05, 0) is 38.0 Å². The number of amides is 1. The Morgan fingerprint density at radius 3 is 2.85 bits per heavy atom. The first-order chi connectivity index (χ1) is 12.6. The van der Waals surface area contributed by atoms with E-state index in [-0.39, 0.29) is 11.5 Å². The number of hydrogen-bond acceptors (Lipinski definition) is 5. The molecule has 3 heterocycles. The van der Waals surface area contributed by atoms with Crippen LogP contribution in [-0.2, 0) is 11.3 Å². The molecule has 144 valence electrons. The second-order valence-corrected chi connectivity index (χ2v) is 9.35. The molecule has 2 saturated heterocycles. The van der Waals surface area contributed by atoms with E-state index in [0.717, 1.165) is 57.7 Å². The number of thiazole rings is 1. The van der Waals surface area contributed by atoms with Crippen molar-refractivity contribution in [3.63, 3.8) is 0 Å². The highest BCUT2D eigenvalue weighted by atomic mass is 32.1. The van der Waals surface area contributed by atoms with Crippen LogP contribution in [0.4, 0.5) is 0 Å². The summed E-state index contributed by atoms with van der Waals surface area (Å²) in [5, 5.41) is 12.9. The van der Waals surface area contributed by atoms with Gasteiger partial charge in [0.1, 0.15) is 0 Å². The Morgan fingerprint density at radius 1 is 1.23 bits per heavy atom. The second-order valence-electron chi connectivity index (χ2n) is 8.63. The van der Waals surface area contributed by atoms with E-state index in [1.807, 2.05) is 5.51 Å². The number of aromatic nitrogens is 1. The van der Waals surface area contributed by atoms with Gasteiger partial charge in [0.2, 0.25) is 5.91 Å². The first-order valence-electron chi connectivity index (χ1n) is 10.2. The molecule has 0 unspecified atom stereocenters. The Hall–Kier alpha value is -0.980. The van der Waals surface area contributed by atoms with Crippen LogP contribution in [0.1, 0.15) is 57.1 Å². The summed E-state index contributed by atoms with van der Waals surface area (Å²) in [5.74, 6) is 0.914. The average molecular weight is 378 g/mol. The smallest absolute Gasteiger partial charge is 0.222 e. The van der Waals surface area contributed by atoms with Crippen molar-refractivity contribution in [2.45, 2.75) is 64.0 Å². The van der Waals surface area contributed by atoms with Gasteiger partial charge in [-0.3, -0.25) is 9.69 Å². The highest BCUT2D eigenvalue weighted by molar-refractivity contribution is 7.07. The maximum atomic E-state index is 12.8. The van der Waals surface area contributed by atoms with Gasteiger partial charge in [0.25, 0.3) is 0 Å². The Labute approximate surface area is 160 Å². The summed E-state index contributed by atoms with van der Waals surface area (Å²) < 4.78 is 0. The lowest BCUT2D eigenvalue weighted by molar-refractivity contribution is -0.142. The molecular weight excluding hydrogens is 346 g/mol. The molecule has 2 atom stereocenters. The number of carbonyl (C=O) groups is 1. The number of rotatable bonds is 4. The first kappa shape index (κ1) is 18.4. The fourth-order valence-corrected chi connectivity index (χ4v) is 5.83. The van der Waals surface area contributed by atoms with E-state index in [4.69, 9.17) is 0 Å². The molecule has 1 spiro atoms. The van der Waals surface area contributed by atoms with Crippen LogP contribution in [0, 0.1) is 11.3 Å². The van der Waals surface area contributed by atoms with Crippen molar-refractivity contribution >= 4 is 17.2 Å². The number of nitrogens with zero attached hydrogens (tertiary/aromatic N) is 3. The fraction of sp³-hybridized carbons (Fsp3) is 0.800. The van der Waals surface area contributed by atoms with Crippen molar-refractivity contribution in [2.24, 2.45) is 11.3 Å². The standard InChI is InChI=1S/C20H31N3O2S/c24-18-6-9-22(11-17-12-26-15-21-17)13-20(18)7-3-8-23(14-20)19(25)10-16-4-1-2-5-16/h12,15-16,18,24H,1-11,13-14H2/t18-,20-/m1/s1. The van der Waals surface area contributed by atoms with Crippen molar-refractivity contribution in [3.8, 4) is 0 Å². The third-order valence-electron chi connectivity index (χ3n) is 6.73. The van der Waals surface area contributed by atoms with Crippen molar-refractivity contribution in [1.29, 1.82) is 0 Å². The molecule has 5 nitrogen and oxygen atoms in total. The number of piperidine rings is 2. The minimum absolute atomic E-state index is 0.155. The number of aliphatic hydroxyl groups excluding tert-OH is 1. The average Bonchev–Trinajstić information content (AvgIpc) is 3.33. The van der Waals surface area contributed by atoms with Gasteiger partial charge in [0.15, 0.2) is 0 Å². The van der Waals surface area contributed by atoms with Crippen LogP contribution in [0.15, 0.2) is 10.9 Å². The van der Waals surface area contributed by atoms with Crippen LogP contribution in [0.5, 0.6) is 0 Å². The van der Waals surface area contributed by atoms with Gasteiger partial charge in [0.05, 0.1) is 17.3 Å². The lowest BCUT2D eigenvalue weighted by Gasteiger charge is -2.51. The molecule has 0 radical (unpaired) electrons. The number of aliphatic hydroxyl groups is 1. The topological polar surface area (TPSA) is 56.7 Å². The van der Waals surface area contributed by atoms with Gasteiger partial charge < -0.3 is 10.0 Å². The van der Waals surface area contributed by atoms with E-state index in [2.05, 4.69) is 20.2 Å². The monoisotopic (exact) mass is 377 g/mol. The second kappa shape index (κ2) is 7.95. The van der Waals surface area contributed by atoms with E-state index >= 15 is 0 Å². The van der Waals surface area contributed by atoms with Gasteiger partial charge in [0, 0.05) is 49.9 Å². The minimum atomic E-state index is -0.295. The molecule has 4 rings (SSSR count). The van der Waals surface area contributed by atoms with Crippen molar-refractivity contribution in [3.05, 3.63) is 16.6 Å². The van der Waals surface area contributed by atoms with E-state index in [9.17, 15) is 9.90 Å². The molecule has 1 aromatic rings. The lowest BCUT2D eigenvalue weighted by atomic mass is 9.71. The molecule has 1 aliphatic carbocycles. The fourth-order valence-electron chi connectivity index (χ4n) is 5.29. The largest absolute Gasteiger partial charge is 0.392 e. The van der Waals surface area contributed by atoms with Gasteiger partial charge in [-0.25, -0.2) is 4.98 Å². The zero-order valence-electron chi connectivity index (χ0n) is 15.6. The number of hydrogen-bond donors (Lipinski definition) is 1. The highest BCUT2D eigenvalue weighted by Crippen LogP contribution is 2.40. The Kier molecular flexibility index (Phi) is 5.62. The summed E-state index contributed by atoms with van der Waals surface area (Å²) in [6, 6.07) is 0. The summed E-state index contributed by atoms with van der Waals surface area (Å²) in [6.07, 6.45) is 8.26. The minimum Gasteiger partial charge on any atom is -0.392 e. The molecule has 2 aliphatic heterocycles. The Morgan fingerprint density at radius 2 is 2.08 bits per heavy atom. The Bertz CT molecular complexity index is 602. The molecular formula is C20H31N3O2S. The van der Waals surface area contributed by atoms with E-state index < -0.39 is 0 Å². The van der Waals surface area contributed by atoms with Crippen molar-refractivity contribution in [1.82, 2.24) is 14.8 Å². The van der Waals surface area contributed by atoms with Crippen molar-refractivity contribution < 1.29 is 9.90 Å². The SMILES string of the molecule is O=C(CC1CCCC1)N1CCC[C@@]2(CN(Cc3cscn3)CC[C@H]2O)C1. The highest BCUT2D eigenvalue weighted by Gasteiger charge is 2.46. The van der Waals surface area contributed by atoms with Crippen LogP contribution >= 0.6 is 11.3 Å². The maximum absolute atomic E-state index is 12.8. The Balaban J connectivity index is 1.40. The molecule has 3 aliphatic rings. The molecule has 1 saturated carbocycles. The van der Waals surface area contributed by atoms with Crippen LogP contribution in [0.3, 0.4) is 0 Å². The molecule has 3 fully saturated rings. The number of likely N-dealkylation sites (tertiary alicyclic amines) is 2. The van der Waals surface area contributed by atoms with Crippen LogP contribution in [0.25, 0.3) is 0 Å². The summed E-state index contributed by atoms with van der Waals surface area (Å²) in [6.45, 7) is 4.24. The lowest BCUT2D eigenvalue weighted by Crippen LogP contribution is -2.59. The molecule has 26 heavy (non-hydrogen) atoms. The van der Waals surface area contributed by atoms with Gasteiger partial charge in [-0.1, -0.05) is 12.8 Å². The van der Waals surface area contributed by atoms with Crippen LogP contribution in [-0.4, -0.2) is 58.1 Å². The third kappa shape index (κ3) is 3.97. The van der Waals surface area contributed by atoms with Gasteiger partial charge in [-0.2, -0.15) is 0 Å². The number of carbonyl (C=O) groups excluding carboxylic acids is 1. The molecule has 0 bridgehead atoms. The summed E-state index contributed by atoms with van der Waals surface area (Å²) in [4.78, 5) is 21.8. The van der Waals surface area contributed by atoms with Crippen LogP contribution in [0.2, 0.25) is 0 Å². The van der Waals surface area contributed by atoms with E-state index in [1.165, 1.54) is 25.7 Å². The summed E-state index contributed by atoms with van der Waals surface area (Å²) in [5.41, 5.74) is 2.85. The van der Waals surface area contributed by atoms with E-state index in [1.54, 1.807) is 11.3 Å². The molecule has 1 amide bonds. The quantitative estimate of drug-likeness (QED) is 0.877. The summed E-state index contributed by atoms with van der Waals surface area (Å²) >= 11 is 1.64. The maximum Gasteiger partial charge on any atom is 0.222 e. The predicted molar refractivity (Wildman–Crippen MR) is 103 cm³/mol. The first-order valence-corrected chi connectivity index (χ1v) is 11.1.